The van der Waals surface area contributed by atoms with Crippen molar-refractivity contribution in [1.29, 1.82) is 0 Å². The van der Waals surface area contributed by atoms with Gasteiger partial charge in [0.15, 0.2) is 0 Å². The number of phenols is 1. The Hall–Kier alpha value is -2.56. The number of hydrogen-bond acceptors (Lipinski definition) is 3. The molecule has 2 aromatic rings. The van der Waals surface area contributed by atoms with Gasteiger partial charge in [-0.3, -0.25) is 4.79 Å². The molecule has 5 heteroatoms. The van der Waals surface area contributed by atoms with E-state index in [1.165, 1.54) is 18.2 Å². The van der Waals surface area contributed by atoms with Crippen LogP contribution in [0.5, 0.6) is 11.5 Å². The van der Waals surface area contributed by atoms with Crippen molar-refractivity contribution in [2.24, 2.45) is 5.73 Å². The van der Waals surface area contributed by atoms with Gasteiger partial charge in [-0.1, -0.05) is 13.0 Å². The molecule has 0 fully saturated rings. The third-order valence-electron chi connectivity index (χ3n) is 2.92. The number of carbonyl (C=O) groups excluding carboxylic acids is 1. The quantitative estimate of drug-likeness (QED) is 0.888. The number of primary amides is 1. The maximum atomic E-state index is 13.3. The van der Waals surface area contributed by atoms with E-state index < -0.39 is 11.7 Å². The lowest BCUT2D eigenvalue weighted by molar-refractivity contribution is 0.0996. The van der Waals surface area contributed by atoms with Gasteiger partial charge in [0, 0.05) is 6.07 Å². The second-order valence-electron chi connectivity index (χ2n) is 4.62. The highest BCUT2D eigenvalue weighted by Gasteiger charge is 2.12. The van der Waals surface area contributed by atoms with Crippen LogP contribution in [-0.2, 0) is 0 Å². The number of hydrogen-bond donors (Lipinski definition) is 2. The van der Waals surface area contributed by atoms with Crippen molar-refractivity contribution in [1.82, 2.24) is 0 Å². The molecule has 0 aromatic heterocycles. The van der Waals surface area contributed by atoms with E-state index in [1.54, 1.807) is 12.1 Å². The van der Waals surface area contributed by atoms with Crippen molar-refractivity contribution in [2.45, 2.75) is 13.3 Å². The maximum Gasteiger partial charge on any atom is 0.252 e. The minimum atomic E-state index is -0.622. The van der Waals surface area contributed by atoms with E-state index in [0.29, 0.717) is 23.5 Å². The van der Waals surface area contributed by atoms with Gasteiger partial charge in [-0.2, -0.15) is 0 Å². The molecule has 0 unspecified atom stereocenters. The zero-order chi connectivity index (χ0) is 15.4. The summed E-state index contributed by atoms with van der Waals surface area (Å²) in [6, 6.07) is 8.53. The van der Waals surface area contributed by atoms with Gasteiger partial charge < -0.3 is 15.6 Å². The standard InChI is InChI=1S/C16H16FNO3/c1-2-5-21-15-4-3-10(8-14(15)16(18)20)11-6-12(17)9-13(19)7-11/h3-4,6-9,19H,2,5H2,1H3,(H2,18,20). The third kappa shape index (κ3) is 3.51. The first-order valence-corrected chi connectivity index (χ1v) is 6.58. The van der Waals surface area contributed by atoms with Crippen molar-refractivity contribution in [2.75, 3.05) is 6.61 Å². The second-order valence-corrected chi connectivity index (χ2v) is 4.62. The number of phenolic OH excluding ortho intramolecular Hbond substituents is 1. The summed E-state index contributed by atoms with van der Waals surface area (Å²) < 4.78 is 18.8. The summed E-state index contributed by atoms with van der Waals surface area (Å²) >= 11 is 0. The number of ether oxygens (including phenoxy) is 1. The fourth-order valence-electron chi connectivity index (χ4n) is 1.98. The average molecular weight is 289 g/mol. The highest BCUT2D eigenvalue weighted by atomic mass is 19.1. The lowest BCUT2D eigenvalue weighted by Gasteiger charge is -2.11. The first-order valence-electron chi connectivity index (χ1n) is 6.58. The summed E-state index contributed by atoms with van der Waals surface area (Å²) in [6.45, 7) is 2.42. The van der Waals surface area contributed by atoms with E-state index in [1.807, 2.05) is 6.92 Å². The molecular formula is C16H16FNO3. The van der Waals surface area contributed by atoms with Crippen molar-refractivity contribution in [3.63, 3.8) is 0 Å². The first-order chi connectivity index (χ1) is 10.0. The summed E-state index contributed by atoms with van der Waals surface area (Å²) in [6.07, 6.45) is 0.803. The highest BCUT2D eigenvalue weighted by Crippen LogP contribution is 2.29. The zero-order valence-electron chi connectivity index (χ0n) is 11.6. The summed E-state index contributed by atoms with van der Waals surface area (Å²) in [7, 11) is 0. The van der Waals surface area contributed by atoms with Crippen LogP contribution in [-0.4, -0.2) is 17.6 Å². The van der Waals surface area contributed by atoms with Crippen LogP contribution in [0, 0.1) is 5.82 Å². The molecule has 0 aliphatic carbocycles. The Balaban J connectivity index is 2.46. The molecule has 110 valence electrons. The minimum Gasteiger partial charge on any atom is -0.508 e. The third-order valence-corrected chi connectivity index (χ3v) is 2.92. The van der Waals surface area contributed by atoms with Crippen LogP contribution >= 0.6 is 0 Å². The summed E-state index contributed by atoms with van der Waals surface area (Å²) in [5, 5.41) is 9.45. The van der Waals surface area contributed by atoms with Gasteiger partial charge in [0.1, 0.15) is 17.3 Å². The van der Waals surface area contributed by atoms with Crippen molar-refractivity contribution < 1.29 is 19.0 Å². The van der Waals surface area contributed by atoms with E-state index in [2.05, 4.69) is 0 Å². The summed E-state index contributed by atoms with van der Waals surface area (Å²) in [5.74, 6) is -0.967. The SMILES string of the molecule is CCCOc1ccc(-c2cc(O)cc(F)c2)cc1C(N)=O. The van der Waals surface area contributed by atoms with E-state index in [9.17, 15) is 14.3 Å². The molecule has 0 aliphatic rings. The van der Waals surface area contributed by atoms with Crippen LogP contribution in [0.15, 0.2) is 36.4 Å². The van der Waals surface area contributed by atoms with Gasteiger partial charge in [-0.25, -0.2) is 4.39 Å². The molecule has 0 aliphatic heterocycles. The van der Waals surface area contributed by atoms with Crippen molar-refractivity contribution >= 4 is 5.91 Å². The van der Waals surface area contributed by atoms with Gasteiger partial charge in [-0.05, 0) is 41.8 Å². The Morgan fingerprint density at radius 3 is 2.62 bits per heavy atom. The summed E-state index contributed by atoms with van der Waals surface area (Å²) in [4.78, 5) is 11.5. The molecule has 2 rings (SSSR count). The predicted molar refractivity (Wildman–Crippen MR) is 77.8 cm³/mol. The molecule has 0 spiro atoms. The van der Waals surface area contributed by atoms with E-state index in [4.69, 9.17) is 10.5 Å². The van der Waals surface area contributed by atoms with Gasteiger partial charge in [0.2, 0.25) is 0 Å². The largest absolute Gasteiger partial charge is 0.508 e. The Morgan fingerprint density at radius 1 is 1.24 bits per heavy atom. The van der Waals surface area contributed by atoms with E-state index in [0.717, 1.165) is 12.5 Å². The number of benzene rings is 2. The van der Waals surface area contributed by atoms with Gasteiger partial charge in [-0.15, -0.1) is 0 Å². The molecule has 0 heterocycles. The minimum absolute atomic E-state index is 0.183. The van der Waals surface area contributed by atoms with Crippen LogP contribution in [0.3, 0.4) is 0 Å². The number of aromatic hydroxyl groups is 1. The normalized spacial score (nSPS) is 10.4. The monoisotopic (exact) mass is 289 g/mol. The fraction of sp³-hybridized carbons (Fsp3) is 0.188. The van der Waals surface area contributed by atoms with Crippen LogP contribution in [0.4, 0.5) is 4.39 Å². The lowest BCUT2D eigenvalue weighted by atomic mass is 10.0. The molecule has 0 saturated heterocycles. The molecule has 0 bridgehead atoms. The Labute approximate surface area is 122 Å². The van der Waals surface area contributed by atoms with Gasteiger partial charge in [0.25, 0.3) is 5.91 Å². The summed E-state index contributed by atoms with van der Waals surface area (Å²) in [5.41, 5.74) is 6.60. The average Bonchev–Trinajstić information content (AvgIpc) is 2.43. The molecule has 2 aromatic carbocycles. The molecule has 0 saturated carbocycles. The molecule has 4 nitrogen and oxygen atoms in total. The van der Waals surface area contributed by atoms with Crippen LogP contribution in [0.1, 0.15) is 23.7 Å². The van der Waals surface area contributed by atoms with Crippen LogP contribution < -0.4 is 10.5 Å². The first kappa shape index (κ1) is 14.8. The Morgan fingerprint density at radius 2 is 2.00 bits per heavy atom. The second kappa shape index (κ2) is 6.26. The number of halogens is 1. The molecule has 0 radical (unpaired) electrons. The number of carbonyl (C=O) groups is 1. The lowest BCUT2D eigenvalue weighted by Crippen LogP contribution is -2.13. The van der Waals surface area contributed by atoms with E-state index >= 15 is 0 Å². The van der Waals surface area contributed by atoms with Gasteiger partial charge >= 0.3 is 0 Å². The molecular weight excluding hydrogens is 273 g/mol. The molecule has 3 N–H and O–H groups in total. The predicted octanol–water partition coefficient (Wildman–Crippen LogP) is 3.09. The molecule has 1 amide bonds. The molecule has 21 heavy (non-hydrogen) atoms. The smallest absolute Gasteiger partial charge is 0.252 e. The van der Waals surface area contributed by atoms with Crippen LogP contribution in [0.2, 0.25) is 0 Å². The zero-order valence-corrected chi connectivity index (χ0v) is 11.6. The van der Waals surface area contributed by atoms with Crippen LogP contribution in [0.25, 0.3) is 11.1 Å². The van der Waals surface area contributed by atoms with Crippen molar-refractivity contribution in [3.8, 4) is 22.6 Å². The number of rotatable bonds is 5. The Kier molecular flexibility index (Phi) is 4.42. The molecule has 0 atom stereocenters. The number of amides is 1. The van der Waals surface area contributed by atoms with E-state index in [-0.39, 0.29) is 11.3 Å². The Bertz CT molecular complexity index is 650. The van der Waals surface area contributed by atoms with Crippen molar-refractivity contribution in [3.05, 3.63) is 47.8 Å². The maximum absolute atomic E-state index is 13.3. The topological polar surface area (TPSA) is 72.6 Å². The fourth-order valence-corrected chi connectivity index (χ4v) is 1.98. The highest BCUT2D eigenvalue weighted by molar-refractivity contribution is 5.97. The number of nitrogens with two attached hydrogens (primary N) is 1. The van der Waals surface area contributed by atoms with Gasteiger partial charge in [0.05, 0.1) is 12.2 Å².